The average molecular weight is 369 g/mol. The van der Waals surface area contributed by atoms with Crippen molar-refractivity contribution in [3.05, 3.63) is 59.3 Å². The van der Waals surface area contributed by atoms with Gasteiger partial charge in [-0.15, -0.1) is 12.4 Å². The minimum atomic E-state index is 0. The van der Waals surface area contributed by atoms with Gasteiger partial charge in [-0.2, -0.15) is 0 Å². The van der Waals surface area contributed by atoms with E-state index in [1.807, 2.05) is 30.3 Å². The normalized spacial score (nSPS) is 13.3. The van der Waals surface area contributed by atoms with Crippen molar-refractivity contribution in [3.8, 4) is 11.5 Å². The molecule has 4 rings (SSSR count). The first kappa shape index (κ1) is 18.5. The molecule has 0 aliphatic heterocycles. The van der Waals surface area contributed by atoms with Crippen molar-refractivity contribution in [1.82, 2.24) is 4.98 Å². The number of benzene rings is 2. The highest BCUT2D eigenvalue weighted by Crippen LogP contribution is 2.35. The Balaban J connectivity index is 0.00000196. The molecule has 0 bridgehead atoms. The van der Waals surface area contributed by atoms with Crippen LogP contribution < -0.4 is 10.5 Å². The van der Waals surface area contributed by atoms with E-state index in [1.165, 1.54) is 11.1 Å². The molecule has 1 aliphatic carbocycles. The Bertz CT molecular complexity index is 943. The van der Waals surface area contributed by atoms with Crippen LogP contribution in [-0.2, 0) is 18.3 Å². The first-order valence-corrected chi connectivity index (χ1v) is 8.91. The van der Waals surface area contributed by atoms with Gasteiger partial charge in [0.1, 0.15) is 11.5 Å². The number of hydrogen-bond donors (Lipinski definition) is 1. The molecule has 0 saturated heterocycles. The number of nitrogen functional groups attached to an aromatic ring is 1. The molecule has 26 heavy (non-hydrogen) atoms. The fourth-order valence-electron chi connectivity index (χ4n) is 3.50. The van der Waals surface area contributed by atoms with E-state index in [9.17, 15) is 0 Å². The van der Waals surface area contributed by atoms with Crippen LogP contribution in [0.15, 0.2) is 42.5 Å². The van der Waals surface area contributed by atoms with E-state index in [1.54, 1.807) is 0 Å². The molecular weight excluding hydrogens is 344 g/mol. The largest absolute Gasteiger partial charge is 0.457 e. The lowest BCUT2D eigenvalue weighted by molar-refractivity contribution is 0.482. The van der Waals surface area contributed by atoms with E-state index >= 15 is 0 Å². The molecule has 3 aromatic rings. The molecule has 0 atom stereocenters. The summed E-state index contributed by atoms with van der Waals surface area (Å²) in [6, 6.07) is 14.3. The third-order valence-corrected chi connectivity index (χ3v) is 4.98. The fourth-order valence-corrected chi connectivity index (χ4v) is 3.50. The van der Waals surface area contributed by atoms with E-state index in [4.69, 9.17) is 15.5 Å². The van der Waals surface area contributed by atoms with E-state index in [0.29, 0.717) is 0 Å². The third-order valence-electron chi connectivity index (χ3n) is 4.98. The summed E-state index contributed by atoms with van der Waals surface area (Å²) >= 11 is 0. The average Bonchev–Trinajstić information content (AvgIpc) is 3.04. The van der Waals surface area contributed by atoms with Gasteiger partial charge < -0.3 is 10.5 Å². The predicted molar refractivity (Wildman–Crippen MR) is 111 cm³/mol. The molecule has 2 N–H and O–H groups in total. The number of ether oxygens (including phenoxy) is 1. The highest BCUT2D eigenvalue weighted by Gasteiger charge is 2.18. The van der Waals surface area contributed by atoms with Gasteiger partial charge >= 0.3 is 0 Å². The van der Waals surface area contributed by atoms with Gasteiger partial charge in [-0.3, -0.25) is 4.98 Å². The van der Waals surface area contributed by atoms with Crippen molar-refractivity contribution in [2.45, 2.75) is 45.4 Å². The number of rotatable bonds is 2. The molecule has 1 heterocycles. The lowest BCUT2D eigenvalue weighted by Crippen LogP contribution is -2.10. The Morgan fingerprint density at radius 3 is 2.35 bits per heavy atom. The van der Waals surface area contributed by atoms with Crippen LogP contribution in [0.2, 0.25) is 0 Å². The summed E-state index contributed by atoms with van der Waals surface area (Å²) in [6.07, 6.45) is 3.21. The number of fused-ring (bicyclic) bond motifs is 2. The van der Waals surface area contributed by atoms with Crippen LogP contribution in [0.4, 0.5) is 5.69 Å². The number of hydrogen-bond acceptors (Lipinski definition) is 3. The van der Waals surface area contributed by atoms with Gasteiger partial charge in [0.2, 0.25) is 0 Å². The van der Waals surface area contributed by atoms with Gasteiger partial charge in [-0.25, -0.2) is 0 Å². The van der Waals surface area contributed by atoms with E-state index in [-0.39, 0.29) is 17.8 Å². The first-order chi connectivity index (χ1) is 11.9. The molecule has 136 valence electrons. The maximum absolute atomic E-state index is 6.40. The van der Waals surface area contributed by atoms with Crippen LogP contribution in [0.25, 0.3) is 10.9 Å². The monoisotopic (exact) mass is 368 g/mol. The van der Waals surface area contributed by atoms with Crippen molar-refractivity contribution >= 4 is 29.0 Å². The fraction of sp³-hybridized carbons (Fsp3) is 0.318. The maximum Gasteiger partial charge on any atom is 0.128 e. The summed E-state index contributed by atoms with van der Waals surface area (Å²) in [5.74, 6) is 1.63. The summed E-state index contributed by atoms with van der Waals surface area (Å²) in [7, 11) is 0. The zero-order valence-electron chi connectivity index (χ0n) is 15.5. The second kappa shape index (κ2) is 6.81. The number of pyridine rings is 1. The van der Waals surface area contributed by atoms with Crippen LogP contribution in [0.5, 0.6) is 11.5 Å². The Morgan fingerprint density at radius 2 is 1.65 bits per heavy atom. The van der Waals surface area contributed by atoms with Gasteiger partial charge in [-0.05, 0) is 66.1 Å². The van der Waals surface area contributed by atoms with Crippen molar-refractivity contribution in [2.24, 2.45) is 0 Å². The minimum absolute atomic E-state index is 0. The van der Waals surface area contributed by atoms with Crippen LogP contribution in [0, 0.1) is 0 Å². The molecule has 0 radical (unpaired) electrons. The highest BCUT2D eigenvalue weighted by atomic mass is 35.5. The van der Waals surface area contributed by atoms with Gasteiger partial charge in [-0.1, -0.05) is 32.9 Å². The molecule has 1 aliphatic rings. The molecule has 0 fully saturated rings. The van der Waals surface area contributed by atoms with Crippen molar-refractivity contribution < 1.29 is 4.74 Å². The molecule has 0 unspecified atom stereocenters. The summed E-state index contributed by atoms with van der Waals surface area (Å²) in [4.78, 5) is 4.77. The van der Waals surface area contributed by atoms with E-state index in [0.717, 1.165) is 53.0 Å². The third kappa shape index (κ3) is 3.36. The molecule has 1 aromatic heterocycles. The number of nitrogens with two attached hydrogens (primary N) is 1. The Kier molecular flexibility index (Phi) is 4.85. The summed E-state index contributed by atoms with van der Waals surface area (Å²) in [6.45, 7) is 6.63. The Hall–Kier alpha value is -2.26. The second-order valence-electron chi connectivity index (χ2n) is 7.86. The molecule has 0 spiro atoms. The minimum Gasteiger partial charge on any atom is -0.457 e. The smallest absolute Gasteiger partial charge is 0.128 e. The number of nitrogens with zero attached hydrogens (tertiary/aromatic N) is 1. The van der Waals surface area contributed by atoms with Crippen molar-refractivity contribution in [3.63, 3.8) is 0 Å². The topological polar surface area (TPSA) is 48.1 Å². The van der Waals surface area contributed by atoms with E-state index < -0.39 is 0 Å². The molecule has 0 amide bonds. The Labute approximate surface area is 161 Å². The number of anilines is 1. The summed E-state index contributed by atoms with van der Waals surface area (Å²) in [5.41, 5.74) is 12.0. The quantitative estimate of drug-likeness (QED) is 0.620. The molecule has 2 aromatic carbocycles. The lowest BCUT2D eigenvalue weighted by Gasteiger charge is -2.19. The van der Waals surface area contributed by atoms with Crippen LogP contribution in [0.1, 0.15) is 44.0 Å². The van der Waals surface area contributed by atoms with Crippen LogP contribution >= 0.6 is 12.4 Å². The molecule has 0 saturated carbocycles. The number of halogens is 1. The van der Waals surface area contributed by atoms with Gasteiger partial charge in [0.15, 0.2) is 0 Å². The Morgan fingerprint density at radius 1 is 0.962 bits per heavy atom. The zero-order chi connectivity index (χ0) is 17.6. The van der Waals surface area contributed by atoms with Crippen LogP contribution in [0.3, 0.4) is 0 Å². The van der Waals surface area contributed by atoms with E-state index in [2.05, 4.69) is 32.9 Å². The van der Waals surface area contributed by atoms with Gasteiger partial charge in [0.25, 0.3) is 0 Å². The number of aryl methyl sites for hydroxylation is 1. The standard InChI is InChI=1S/C22H24N2O.ClH/c1-22(2,3)14-7-9-15(10-8-14)25-16-11-12-20-18(13-16)21(23)17-5-4-6-19(17)24-20;/h7-13H,4-6H2,1-3H3,(H2,23,24);1H. The van der Waals surface area contributed by atoms with Crippen molar-refractivity contribution in [1.29, 1.82) is 0 Å². The van der Waals surface area contributed by atoms with Crippen LogP contribution in [-0.4, -0.2) is 4.98 Å². The highest BCUT2D eigenvalue weighted by molar-refractivity contribution is 5.93. The van der Waals surface area contributed by atoms with Gasteiger partial charge in [0.05, 0.1) is 5.52 Å². The molecule has 3 nitrogen and oxygen atoms in total. The maximum atomic E-state index is 6.40. The molecular formula is C22H25ClN2O. The van der Waals surface area contributed by atoms with Gasteiger partial charge in [0, 0.05) is 16.8 Å². The molecule has 4 heteroatoms. The SMILES string of the molecule is CC(C)(C)c1ccc(Oc2ccc3nc4c(c(N)c3c2)CCC4)cc1.Cl. The predicted octanol–water partition coefficient (Wildman–Crippen LogP) is 5.82. The summed E-state index contributed by atoms with van der Waals surface area (Å²) < 4.78 is 6.05. The summed E-state index contributed by atoms with van der Waals surface area (Å²) in [5, 5.41) is 0.990. The van der Waals surface area contributed by atoms with Crippen molar-refractivity contribution in [2.75, 3.05) is 5.73 Å². The second-order valence-corrected chi connectivity index (χ2v) is 7.86. The zero-order valence-corrected chi connectivity index (χ0v) is 16.3. The number of aromatic nitrogens is 1. The lowest BCUT2D eigenvalue weighted by atomic mass is 9.87. The first-order valence-electron chi connectivity index (χ1n) is 8.91.